The Balaban J connectivity index is 1.63. The van der Waals surface area contributed by atoms with E-state index in [0.717, 1.165) is 22.1 Å². The Morgan fingerprint density at radius 2 is 2.17 bits per heavy atom. The third kappa shape index (κ3) is 3.79. The summed E-state index contributed by atoms with van der Waals surface area (Å²) < 4.78 is 2.68. The van der Waals surface area contributed by atoms with Gasteiger partial charge in [0, 0.05) is 24.3 Å². The van der Waals surface area contributed by atoms with Crippen LogP contribution in [0.3, 0.4) is 0 Å². The van der Waals surface area contributed by atoms with E-state index in [4.69, 9.17) is 4.84 Å². The van der Waals surface area contributed by atoms with Gasteiger partial charge in [-0.3, -0.25) is 9.48 Å². The number of hydrogen-bond acceptors (Lipinski definition) is 4. The SMILES string of the molecule is Cn1cc(N2CCCC(O/N=C/c3ccc(Br)cc3)C2=O)cn1. The number of aromatic nitrogens is 2. The molecule has 1 fully saturated rings. The summed E-state index contributed by atoms with van der Waals surface area (Å²) in [6.07, 6.45) is 6.13. The van der Waals surface area contributed by atoms with Crippen molar-refractivity contribution in [1.82, 2.24) is 9.78 Å². The highest BCUT2D eigenvalue weighted by molar-refractivity contribution is 9.10. The van der Waals surface area contributed by atoms with Crippen LogP contribution >= 0.6 is 15.9 Å². The van der Waals surface area contributed by atoms with Gasteiger partial charge < -0.3 is 9.74 Å². The number of nitrogens with zero attached hydrogens (tertiary/aromatic N) is 4. The van der Waals surface area contributed by atoms with Gasteiger partial charge in [-0.25, -0.2) is 0 Å². The number of carbonyl (C=O) groups is 1. The number of anilines is 1. The van der Waals surface area contributed by atoms with E-state index in [1.807, 2.05) is 37.5 Å². The van der Waals surface area contributed by atoms with Crippen LogP contribution in [0.4, 0.5) is 5.69 Å². The minimum atomic E-state index is -0.546. The maximum absolute atomic E-state index is 12.5. The van der Waals surface area contributed by atoms with Gasteiger partial charge in [0.2, 0.25) is 6.10 Å². The lowest BCUT2D eigenvalue weighted by Crippen LogP contribution is -2.44. The van der Waals surface area contributed by atoms with Gasteiger partial charge in [0.1, 0.15) is 0 Å². The molecule has 2 heterocycles. The Labute approximate surface area is 142 Å². The number of halogens is 1. The standard InChI is InChI=1S/C16H17BrN4O2/c1-20-11-14(10-18-20)21-8-2-3-15(16(21)22)23-19-9-12-4-6-13(17)7-5-12/h4-7,9-11,15H,2-3,8H2,1H3/b19-9+. The highest BCUT2D eigenvalue weighted by Crippen LogP contribution is 2.22. The zero-order valence-electron chi connectivity index (χ0n) is 12.7. The van der Waals surface area contributed by atoms with Crippen LogP contribution in [0.15, 0.2) is 46.3 Å². The molecule has 1 aromatic carbocycles. The third-order valence-corrected chi connectivity index (χ3v) is 4.18. The first-order valence-corrected chi connectivity index (χ1v) is 8.17. The van der Waals surface area contributed by atoms with Gasteiger partial charge in [0.05, 0.1) is 18.1 Å². The molecule has 0 aliphatic carbocycles. The van der Waals surface area contributed by atoms with Crippen LogP contribution < -0.4 is 4.90 Å². The lowest BCUT2D eigenvalue weighted by Gasteiger charge is -2.29. The van der Waals surface area contributed by atoms with Crippen molar-refractivity contribution in [2.45, 2.75) is 18.9 Å². The number of hydrogen-bond donors (Lipinski definition) is 0. The Bertz CT molecular complexity index is 711. The van der Waals surface area contributed by atoms with Crippen LogP contribution in [-0.2, 0) is 16.7 Å². The lowest BCUT2D eigenvalue weighted by molar-refractivity contribution is -0.132. The molecule has 0 radical (unpaired) electrons. The van der Waals surface area contributed by atoms with Crippen molar-refractivity contribution < 1.29 is 9.63 Å². The molecule has 23 heavy (non-hydrogen) atoms. The average Bonchev–Trinajstić information content (AvgIpc) is 2.97. The average molecular weight is 377 g/mol. The van der Waals surface area contributed by atoms with Gasteiger partial charge in [-0.1, -0.05) is 33.2 Å². The monoisotopic (exact) mass is 376 g/mol. The zero-order valence-corrected chi connectivity index (χ0v) is 14.3. The Morgan fingerprint density at radius 1 is 1.39 bits per heavy atom. The number of oxime groups is 1. The largest absolute Gasteiger partial charge is 0.382 e. The van der Waals surface area contributed by atoms with Crippen LogP contribution in [0, 0.1) is 0 Å². The second-order valence-corrected chi connectivity index (χ2v) is 6.30. The van der Waals surface area contributed by atoms with Gasteiger partial charge in [0.15, 0.2) is 0 Å². The second-order valence-electron chi connectivity index (χ2n) is 5.38. The summed E-state index contributed by atoms with van der Waals surface area (Å²) in [5, 5.41) is 8.08. The zero-order chi connectivity index (χ0) is 16.2. The molecule has 3 rings (SSSR count). The van der Waals surface area contributed by atoms with E-state index in [-0.39, 0.29) is 5.91 Å². The molecule has 1 aliphatic heterocycles. The van der Waals surface area contributed by atoms with Crippen LogP contribution in [0.25, 0.3) is 0 Å². The first-order valence-electron chi connectivity index (χ1n) is 7.38. The summed E-state index contributed by atoms with van der Waals surface area (Å²) in [6.45, 7) is 0.681. The molecule has 1 aliphatic rings. The predicted molar refractivity (Wildman–Crippen MR) is 91.4 cm³/mol. The van der Waals surface area contributed by atoms with Crippen molar-refractivity contribution in [2.75, 3.05) is 11.4 Å². The van der Waals surface area contributed by atoms with Gasteiger partial charge in [-0.15, -0.1) is 0 Å². The predicted octanol–water partition coefficient (Wildman–Crippen LogP) is 2.73. The fraction of sp³-hybridized carbons (Fsp3) is 0.312. The van der Waals surface area contributed by atoms with E-state index < -0.39 is 6.10 Å². The molecule has 1 unspecified atom stereocenters. The Hall–Kier alpha value is -2.15. The van der Waals surface area contributed by atoms with E-state index in [0.29, 0.717) is 13.0 Å². The first-order chi connectivity index (χ1) is 11.1. The number of piperidine rings is 1. The van der Waals surface area contributed by atoms with Crippen LogP contribution in [0.2, 0.25) is 0 Å². The highest BCUT2D eigenvalue weighted by atomic mass is 79.9. The van der Waals surface area contributed by atoms with Crippen molar-refractivity contribution in [3.05, 3.63) is 46.7 Å². The maximum atomic E-state index is 12.5. The molecule has 0 bridgehead atoms. The molecular weight excluding hydrogens is 360 g/mol. The lowest BCUT2D eigenvalue weighted by atomic mass is 10.1. The maximum Gasteiger partial charge on any atom is 0.270 e. The molecule has 1 saturated heterocycles. The van der Waals surface area contributed by atoms with Gasteiger partial charge >= 0.3 is 0 Å². The summed E-state index contributed by atoms with van der Waals surface area (Å²) in [6, 6.07) is 7.69. The molecule has 6 nitrogen and oxygen atoms in total. The summed E-state index contributed by atoms with van der Waals surface area (Å²) in [5.74, 6) is -0.0720. The normalized spacial score (nSPS) is 18.6. The number of rotatable bonds is 4. The molecule has 1 amide bonds. The van der Waals surface area contributed by atoms with Crippen molar-refractivity contribution in [1.29, 1.82) is 0 Å². The Morgan fingerprint density at radius 3 is 2.87 bits per heavy atom. The van der Waals surface area contributed by atoms with Crippen molar-refractivity contribution in [2.24, 2.45) is 12.2 Å². The topological polar surface area (TPSA) is 59.7 Å². The van der Waals surface area contributed by atoms with E-state index in [1.165, 1.54) is 0 Å². The van der Waals surface area contributed by atoms with Gasteiger partial charge in [-0.05, 0) is 30.5 Å². The van der Waals surface area contributed by atoms with E-state index in [1.54, 1.807) is 22.0 Å². The number of amides is 1. The van der Waals surface area contributed by atoms with Crippen molar-refractivity contribution >= 4 is 33.7 Å². The van der Waals surface area contributed by atoms with Gasteiger partial charge in [0.25, 0.3) is 5.91 Å². The highest BCUT2D eigenvalue weighted by Gasteiger charge is 2.32. The number of aryl methyl sites for hydroxylation is 1. The molecule has 0 spiro atoms. The molecule has 1 atom stereocenters. The van der Waals surface area contributed by atoms with Gasteiger partial charge in [-0.2, -0.15) is 5.10 Å². The number of benzene rings is 1. The third-order valence-electron chi connectivity index (χ3n) is 3.65. The molecule has 2 aromatic rings. The van der Waals surface area contributed by atoms with Crippen LogP contribution in [0.1, 0.15) is 18.4 Å². The minimum Gasteiger partial charge on any atom is -0.382 e. The second kappa shape index (κ2) is 6.95. The van der Waals surface area contributed by atoms with Crippen molar-refractivity contribution in [3.63, 3.8) is 0 Å². The van der Waals surface area contributed by atoms with E-state index in [2.05, 4.69) is 26.2 Å². The summed E-state index contributed by atoms with van der Waals surface area (Å²) in [5.41, 5.74) is 1.71. The Kier molecular flexibility index (Phi) is 4.76. The molecular formula is C16H17BrN4O2. The fourth-order valence-electron chi connectivity index (χ4n) is 2.46. The molecule has 1 aromatic heterocycles. The van der Waals surface area contributed by atoms with Crippen LogP contribution in [-0.4, -0.2) is 34.6 Å². The fourth-order valence-corrected chi connectivity index (χ4v) is 2.72. The van der Waals surface area contributed by atoms with E-state index in [9.17, 15) is 4.79 Å². The summed E-state index contributed by atoms with van der Waals surface area (Å²) in [7, 11) is 1.83. The molecule has 0 N–H and O–H groups in total. The molecule has 0 saturated carbocycles. The number of carbonyl (C=O) groups excluding carboxylic acids is 1. The minimum absolute atomic E-state index is 0.0720. The molecule has 120 valence electrons. The quantitative estimate of drug-likeness (QED) is 0.608. The first kappa shape index (κ1) is 15.7. The summed E-state index contributed by atoms with van der Waals surface area (Å²) >= 11 is 3.38. The van der Waals surface area contributed by atoms with Crippen molar-refractivity contribution in [3.8, 4) is 0 Å². The van der Waals surface area contributed by atoms with E-state index >= 15 is 0 Å². The summed E-state index contributed by atoms with van der Waals surface area (Å²) in [4.78, 5) is 19.6. The van der Waals surface area contributed by atoms with Crippen LogP contribution in [0.5, 0.6) is 0 Å². The smallest absolute Gasteiger partial charge is 0.270 e. The molecule has 7 heteroatoms.